The third-order valence-electron chi connectivity index (χ3n) is 3.95. The van der Waals surface area contributed by atoms with Crippen molar-refractivity contribution in [1.29, 1.82) is 0 Å². The van der Waals surface area contributed by atoms with E-state index in [1.54, 1.807) is 0 Å². The third kappa shape index (κ3) is 7.15. The first kappa shape index (κ1) is 23.2. The molecule has 2 atom stereocenters. The zero-order chi connectivity index (χ0) is 14.3. The van der Waals surface area contributed by atoms with Crippen molar-refractivity contribution in [2.24, 2.45) is 11.7 Å². The molecular weight excluding hydrogens is 313 g/mol. The van der Waals surface area contributed by atoms with Crippen molar-refractivity contribution < 1.29 is 9.53 Å². The molecule has 1 rings (SSSR count). The highest BCUT2D eigenvalue weighted by Gasteiger charge is 2.33. The zero-order valence-corrected chi connectivity index (χ0v) is 15.0. The lowest BCUT2D eigenvalue weighted by Gasteiger charge is -2.38. The van der Waals surface area contributed by atoms with Crippen LogP contribution in [0.3, 0.4) is 0 Å². The molecule has 7 heteroatoms. The first-order valence-electron chi connectivity index (χ1n) is 7.46. The molecule has 21 heavy (non-hydrogen) atoms. The van der Waals surface area contributed by atoms with E-state index < -0.39 is 0 Å². The summed E-state index contributed by atoms with van der Waals surface area (Å²) in [6, 6.07) is -0.0155. The fourth-order valence-electron chi connectivity index (χ4n) is 2.66. The second kappa shape index (κ2) is 12.5. The Morgan fingerprint density at radius 3 is 2.19 bits per heavy atom. The number of carbonyl (C=O) groups excluding carboxylic acids is 1. The van der Waals surface area contributed by atoms with Gasteiger partial charge >= 0.3 is 0 Å². The van der Waals surface area contributed by atoms with Gasteiger partial charge in [0, 0.05) is 25.7 Å². The van der Waals surface area contributed by atoms with Gasteiger partial charge in [0.1, 0.15) is 0 Å². The SMILES string of the molecule is CCC(CC)C(C(=O)N[C@@H](C)CN)N1CCOCC1.Cl.Cl. The largest absolute Gasteiger partial charge is 0.379 e. The van der Waals surface area contributed by atoms with Gasteiger partial charge in [0.05, 0.1) is 19.3 Å². The van der Waals surface area contributed by atoms with Gasteiger partial charge in [0.2, 0.25) is 5.91 Å². The predicted molar refractivity (Wildman–Crippen MR) is 91.4 cm³/mol. The van der Waals surface area contributed by atoms with Crippen LogP contribution in [0.2, 0.25) is 0 Å². The number of hydrogen-bond donors (Lipinski definition) is 2. The number of hydrogen-bond acceptors (Lipinski definition) is 4. The molecule has 3 N–H and O–H groups in total. The summed E-state index contributed by atoms with van der Waals surface area (Å²) in [5.74, 6) is 0.511. The van der Waals surface area contributed by atoms with E-state index in [4.69, 9.17) is 10.5 Å². The summed E-state index contributed by atoms with van der Waals surface area (Å²) in [5.41, 5.74) is 5.59. The van der Waals surface area contributed by atoms with Crippen LogP contribution < -0.4 is 11.1 Å². The molecule has 0 bridgehead atoms. The summed E-state index contributed by atoms with van der Waals surface area (Å²) in [7, 11) is 0. The lowest BCUT2D eigenvalue weighted by atomic mass is 9.91. The normalized spacial score (nSPS) is 18.3. The Morgan fingerprint density at radius 1 is 1.24 bits per heavy atom. The van der Waals surface area contributed by atoms with Gasteiger partial charge in [-0.05, 0) is 12.8 Å². The number of nitrogens with two attached hydrogens (primary N) is 1. The molecule has 0 aliphatic carbocycles. The molecule has 1 saturated heterocycles. The Morgan fingerprint density at radius 2 is 1.76 bits per heavy atom. The van der Waals surface area contributed by atoms with E-state index in [2.05, 4.69) is 24.1 Å². The molecule has 0 spiro atoms. The monoisotopic (exact) mass is 343 g/mol. The molecule has 1 aliphatic heterocycles. The lowest BCUT2D eigenvalue weighted by molar-refractivity contribution is -0.131. The Hall–Kier alpha value is -0.0700. The third-order valence-corrected chi connectivity index (χ3v) is 3.95. The van der Waals surface area contributed by atoms with Crippen molar-refractivity contribution in [3.05, 3.63) is 0 Å². The summed E-state index contributed by atoms with van der Waals surface area (Å²) in [4.78, 5) is 14.8. The summed E-state index contributed by atoms with van der Waals surface area (Å²) in [6.45, 7) is 9.85. The van der Waals surface area contributed by atoms with Gasteiger partial charge in [0.15, 0.2) is 0 Å². The number of nitrogens with one attached hydrogen (secondary N) is 1. The fourth-order valence-corrected chi connectivity index (χ4v) is 2.66. The highest BCUT2D eigenvalue weighted by molar-refractivity contribution is 5.85. The highest BCUT2D eigenvalue weighted by Crippen LogP contribution is 2.20. The Kier molecular flexibility index (Phi) is 13.8. The molecule has 0 aromatic carbocycles. The van der Waals surface area contributed by atoms with Crippen LogP contribution in [0.1, 0.15) is 33.6 Å². The number of morpholine rings is 1. The van der Waals surface area contributed by atoms with Gasteiger partial charge in [-0.15, -0.1) is 24.8 Å². The number of nitrogens with zero attached hydrogens (tertiary/aromatic N) is 1. The maximum absolute atomic E-state index is 12.5. The molecule has 0 saturated carbocycles. The second-order valence-electron chi connectivity index (χ2n) is 5.32. The first-order valence-corrected chi connectivity index (χ1v) is 7.46. The van der Waals surface area contributed by atoms with Crippen LogP contribution in [0.15, 0.2) is 0 Å². The standard InChI is InChI=1S/C14H29N3O2.2ClH/c1-4-12(5-2)13(14(18)16-11(3)10-15)17-6-8-19-9-7-17;;/h11-13H,4-10,15H2,1-3H3,(H,16,18);2*1H/t11-,13?;;/m0../s1. The van der Waals surface area contributed by atoms with Crippen molar-refractivity contribution in [2.75, 3.05) is 32.8 Å². The minimum atomic E-state index is -0.0482. The van der Waals surface area contributed by atoms with E-state index >= 15 is 0 Å². The number of rotatable bonds is 7. The van der Waals surface area contributed by atoms with E-state index in [-0.39, 0.29) is 42.8 Å². The molecule has 128 valence electrons. The summed E-state index contributed by atoms with van der Waals surface area (Å²) >= 11 is 0. The average molecular weight is 344 g/mol. The van der Waals surface area contributed by atoms with E-state index in [9.17, 15) is 4.79 Å². The summed E-state index contributed by atoms with van der Waals surface area (Å²) in [6.07, 6.45) is 2.03. The molecule has 1 heterocycles. The summed E-state index contributed by atoms with van der Waals surface area (Å²) < 4.78 is 5.39. The maximum atomic E-state index is 12.5. The van der Waals surface area contributed by atoms with Crippen LogP contribution in [0.4, 0.5) is 0 Å². The molecule has 1 amide bonds. The predicted octanol–water partition coefficient (Wildman–Crippen LogP) is 1.43. The van der Waals surface area contributed by atoms with Gasteiger partial charge < -0.3 is 15.8 Å². The van der Waals surface area contributed by atoms with Crippen molar-refractivity contribution in [1.82, 2.24) is 10.2 Å². The maximum Gasteiger partial charge on any atom is 0.237 e. The van der Waals surface area contributed by atoms with Crippen molar-refractivity contribution >= 4 is 30.7 Å². The van der Waals surface area contributed by atoms with Gasteiger partial charge in [-0.25, -0.2) is 0 Å². The zero-order valence-electron chi connectivity index (χ0n) is 13.3. The van der Waals surface area contributed by atoms with Crippen LogP contribution in [0, 0.1) is 5.92 Å². The molecule has 0 radical (unpaired) electrons. The quantitative estimate of drug-likeness (QED) is 0.733. The minimum Gasteiger partial charge on any atom is -0.379 e. The van der Waals surface area contributed by atoms with E-state index in [1.165, 1.54) is 0 Å². The molecule has 1 fully saturated rings. The fraction of sp³-hybridized carbons (Fsp3) is 0.929. The Balaban J connectivity index is 0. The number of halogens is 2. The van der Waals surface area contributed by atoms with Gasteiger partial charge in [0.25, 0.3) is 0 Å². The van der Waals surface area contributed by atoms with Crippen molar-refractivity contribution in [3.8, 4) is 0 Å². The van der Waals surface area contributed by atoms with Crippen LogP contribution in [-0.2, 0) is 9.53 Å². The van der Waals surface area contributed by atoms with E-state index in [0.29, 0.717) is 12.5 Å². The number of amides is 1. The molecule has 1 aliphatic rings. The van der Waals surface area contributed by atoms with Crippen LogP contribution in [0.25, 0.3) is 0 Å². The number of ether oxygens (including phenoxy) is 1. The minimum absolute atomic E-state index is 0. The Labute approximate surface area is 141 Å². The van der Waals surface area contributed by atoms with Gasteiger partial charge in [-0.2, -0.15) is 0 Å². The molecular formula is C14H31Cl2N3O2. The highest BCUT2D eigenvalue weighted by atomic mass is 35.5. The van der Waals surface area contributed by atoms with Crippen LogP contribution in [0.5, 0.6) is 0 Å². The molecule has 0 aromatic rings. The van der Waals surface area contributed by atoms with E-state index in [1.807, 2.05) is 6.92 Å². The molecule has 0 aromatic heterocycles. The van der Waals surface area contributed by atoms with Gasteiger partial charge in [-0.3, -0.25) is 9.69 Å². The lowest BCUT2D eigenvalue weighted by Crippen LogP contribution is -2.56. The van der Waals surface area contributed by atoms with E-state index in [0.717, 1.165) is 39.1 Å². The molecule has 5 nitrogen and oxygen atoms in total. The smallest absolute Gasteiger partial charge is 0.237 e. The second-order valence-corrected chi connectivity index (χ2v) is 5.32. The topological polar surface area (TPSA) is 67.6 Å². The Bertz CT molecular complexity index is 273. The van der Waals surface area contributed by atoms with Crippen molar-refractivity contribution in [3.63, 3.8) is 0 Å². The van der Waals surface area contributed by atoms with Crippen LogP contribution in [-0.4, -0.2) is 55.7 Å². The molecule has 1 unspecified atom stereocenters. The van der Waals surface area contributed by atoms with Crippen LogP contribution >= 0.6 is 24.8 Å². The first-order chi connectivity index (χ1) is 9.13. The summed E-state index contributed by atoms with van der Waals surface area (Å²) in [5, 5.41) is 3.03. The van der Waals surface area contributed by atoms with Crippen molar-refractivity contribution in [2.45, 2.75) is 45.7 Å². The number of carbonyl (C=O) groups is 1. The average Bonchev–Trinajstić information content (AvgIpc) is 2.45. The van der Waals surface area contributed by atoms with Gasteiger partial charge in [-0.1, -0.05) is 26.7 Å².